The highest BCUT2D eigenvalue weighted by atomic mass is 79.9. The van der Waals surface area contributed by atoms with Gasteiger partial charge in [-0.3, -0.25) is 0 Å². The molecule has 0 aromatic heterocycles. The molecule has 50 heavy (non-hydrogen) atoms. The van der Waals surface area contributed by atoms with E-state index in [1.165, 1.54) is 27.7 Å². The van der Waals surface area contributed by atoms with E-state index in [4.69, 9.17) is 4.74 Å². The van der Waals surface area contributed by atoms with Crippen LogP contribution >= 0.6 is 15.9 Å². The van der Waals surface area contributed by atoms with Gasteiger partial charge in [0.15, 0.2) is 0 Å². The van der Waals surface area contributed by atoms with E-state index >= 15 is 0 Å². The Kier molecular flexibility index (Phi) is 14.1. The van der Waals surface area contributed by atoms with E-state index < -0.39 is 96.0 Å². The van der Waals surface area contributed by atoms with Crippen molar-refractivity contribution in [2.75, 3.05) is 25.2 Å². The number of hydrogen-bond acceptors (Lipinski definition) is 4. The third-order valence-electron chi connectivity index (χ3n) is 9.20. The Labute approximate surface area is 282 Å². The summed E-state index contributed by atoms with van der Waals surface area (Å²) in [6, 6.07) is 0. The monoisotopic (exact) mass is 844 g/mol. The van der Waals surface area contributed by atoms with E-state index in [1.807, 2.05) is 0 Å². The molecule has 0 saturated carbocycles. The second-order valence-corrected chi connectivity index (χ2v) is 12.6. The molecule has 1 aliphatic rings. The number of piperidine rings is 1. The number of nitrogens with zero attached hydrogens (tertiary/aromatic N) is 1. The maximum atomic E-state index is 13.6. The topological polar surface area (TPSA) is 50.8 Å². The van der Waals surface area contributed by atoms with Crippen molar-refractivity contribution in [1.82, 2.24) is 5.06 Å². The predicted molar refractivity (Wildman–Crippen MR) is 138 cm³/mol. The maximum absolute atomic E-state index is 13.6. The van der Waals surface area contributed by atoms with Crippen molar-refractivity contribution >= 4 is 15.9 Å². The first-order valence-electron chi connectivity index (χ1n) is 14.5. The van der Waals surface area contributed by atoms with Crippen LogP contribution in [0.5, 0.6) is 0 Å². The van der Waals surface area contributed by atoms with E-state index in [-0.39, 0.29) is 38.5 Å². The summed E-state index contributed by atoms with van der Waals surface area (Å²) in [5.74, 6) is 0. The molecule has 1 radical (unpaired) electrons. The molecule has 0 N–H and O–H groups in total. The Morgan fingerprint density at radius 1 is 0.540 bits per heavy atom. The largest absolute Gasteiger partial charge is 0.435 e. The summed E-state index contributed by atoms with van der Waals surface area (Å²) in [6.07, 6.45) is -46.4. The molecule has 1 fully saturated rings. The van der Waals surface area contributed by atoms with Gasteiger partial charge in [-0.2, -0.15) is 79.0 Å². The summed E-state index contributed by atoms with van der Waals surface area (Å²) in [4.78, 5) is 0. The predicted octanol–water partition coefficient (Wildman–Crippen LogP) is 10.2. The van der Waals surface area contributed by atoms with E-state index in [9.17, 15) is 84.2 Å². The molecule has 0 unspecified atom stereocenters. The summed E-state index contributed by atoms with van der Waals surface area (Å²) in [5.41, 5.74) is -20.4. The molecule has 0 amide bonds. The van der Waals surface area contributed by atoms with Gasteiger partial charge in [-0.15, -0.1) is 10.3 Å². The van der Waals surface area contributed by atoms with E-state index in [1.54, 1.807) is 0 Å². The molecule has 0 atom stereocenters. The van der Waals surface area contributed by atoms with Crippen LogP contribution in [0.3, 0.4) is 0 Å². The van der Waals surface area contributed by atoms with E-state index in [2.05, 4.69) is 25.4 Å². The number of halogens is 19. The minimum atomic E-state index is -7.44. The zero-order valence-electron chi connectivity index (χ0n) is 26.4. The first kappa shape index (κ1) is 47.0. The average Bonchev–Trinajstić information content (AvgIpc) is 2.92. The minimum Gasteiger partial charge on any atom is -0.377 e. The van der Waals surface area contributed by atoms with Gasteiger partial charge < -0.3 is 14.2 Å². The molecule has 299 valence electrons. The Hall–Kier alpha value is -0.980. The Morgan fingerprint density at radius 3 is 1.00 bits per heavy atom. The lowest BCUT2D eigenvalue weighted by molar-refractivity contribution is -0.467. The summed E-state index contributed by atoms with van der Waals surface area (Å²) >= 11 is 2.36. The number of ether oxygens (including phenoxy) is 3. The van der Waals surface area contributed by atoms with Gasteiger partial charge in [0.2, 0.25) is 0 Å². The minimum absolute atomic E-state index is 0.0704. The zero-order valence-corrected chi connectivity index (χ0v) is 28.0. The molecular weight excluding hydrogens is 812 g/mol. The standard InChI is InChI=1S/C26H33BrF18NO4/c1-5-17(6-2)9-15(10-18(7-3,8-4)46(17)47)48-12-16(11-27,13-49-19(21(28,29)30,22(31,32)33)23(34,35)36)14-50-20(24(37,38)39,25(40,41)42)26(43,44)45/h15H,5-14H2,1-4H3. The zero-order chi connectivity index (χ0) is 39.8. The summed E-state index contributed by atoms with van der Waals surface area (Å²) in [5, 5.41) is 12.7. The van der Waals surface area contributed by atoms with Gasteiger partial charge in [0, 0.05) is 5.33 Å². The molecule has 24 heteroatoms. The Balaban J connectivity index is 3.96. The van der Waals surface area contributed by atoms with Crippen molar-refractivity contribution in [2.45, 2.75) is 132 Å². The van der Waals surface area contributed by atoms with Crippen molar-refractivity contribution in [3.63, 3.8) is 0 Å². The number of hydroxylamine groups is 2. The van der Waals surface area contributed by atoms with Gasteiger partial charge >= 0.3 is 48.3 Å². The van der Waals surface area contributed by atoms with Crippen molar-refractivity contribution < 1.29 is 98.4 Å². The van der Waals surface area contributed by atoms with Gasteiger partial charge in [-0.1, -0.05) is 43.6 Å². The highest BCUT2D eigenvalue weighted by Crippen LogP contribution is 2.58. The Morgan fingerprint density at radius 2 is 0.800 bits per heavy atom. The normalized spacial score (nSPS) is 19.7. The van der Waals surface area contributed by atoms with Crippen LogP contribution in [0, 0.1) is 5.41 Å². The summed E-state index contributed by atoms with van der Waals surface area (Å²) in [6.45, 7) is -1.14. The fourth-order valence-electron chi connectivity index (χ4n) is 5.87. The molecule has 1 saturated heterocycles. The second kappa shape index (κ2) is 15.0. The van der Waals surface area contributed by atoms with Gasteiger partial charge in [0.1, 0.15) is 0 Å². The van der Waals surface area contributed by atoms with Crippen molar-refractivity contribution in [2.24, 2.45) is 5.41 Å². The van der Waals surface area contributed by atoms with Crippen LogP contribution in [-0.4, -0.2) is 95.7 Å². The van der Waals surface area contributed by atoms with Crippen LogP contribution in [-0.2, 0) is 19.4 Å². The molecule has 1 heterocycles. The van der Waals surface area contributed by atoms with Crippen LogP contribution in [0.15, 0.2) is 0 Å². The van der Waals surface area contributed by atoms with Crippen LogP contribution < -0.4 is 0 Å². The molecule has 0 spiro atoms. The number of hydrogen-bond donors (Lipinski definition) is 0. The molecule has 0 aromatic rings. The fraction of sp³-hybridized carbons (Fsp3) is 1.00. The van der Waals surface area contributed by atoms with Gasteiger partial charge in [-0.05, 0) is 38.5 Å². The molecular formula is C26H33BrF18NO4. The molecule has 0 aromatic carbocycles. The van der Waals surface area contributed by atoms with E-state index in [0.29, 0.717) is 0 Å². The lowest BCUT2D eigenvalue weighted by Crippen LogP contribution is -2.70. The smallest absolute Gasteiger partial charge is 0.377 e. The fourth-order valence-corrected chi connectivity index (χ4v) is 6.36. The van der Waals surface area contributed by atoms with Crippen LogP contribution in [0.2, 0.25) is 0 Å². The van der Waals surface area contributed by atoms with Crippen molar-refractivity contribution in [3.8, 4) is 0 Å². The third-order valence-corrected chi connectivity index (χ3v) is 10.4. The van der Waals surface area contributed by atoms with Crippen LogP contribution in [0.1, 0.15) is 66.2 Å². The van der Waals surface area contributed by atoms with Crippen LogP contribution in [0.4, 0.5) is 79.0 Å². The number of alkyl halides is 19. The van der Waals surface area contributed by atoms with Crippen LogP contribution in [0.25, 0.3) is 0 Å². The van der Waals surface area contributed by atoms with Gasteiger partial charge in [-0.25, -0.2) is 0 Å². The van der Waals surface area contributed by atoms with Gasteiger partial charge in [0.05, 0.1) is 42.4 Å². The number of rotatable bonds is 14. The summed E-state index contributed by atoms with van der Waals surface area (Å²) < 4.78 is 257. The molecule has 1 rings (SSSR count). The first-order chi connectivity index (χ1) is 22.2. The second-order valence-electron chi connectivity index (χ2n) is 12.1. The highest BCUT2D eigenvalue weighted by Gasteiger charge is 2.87. The van der Waals surface area contributed by atoms with Crippen molar-refractivity contribution in [1.29, 1.82) is 0 Å². The molecule has 0 aliphatic carbocycles. The quantitative estimate of drug-likeness (QED) is 0.129. The summed E-state index contributed by atoms with van der Waals surface area (Å²) in [7, 11) is 0. The van der Waals surface area contributed by atoms with Gasteiger partial charge in [0.25, 0.3) is 0 Å². The molecule has 5 nitrogen and oxygen atoms in total. The molecule has 1 aliphatic heterocycles. The lowest BCUT2D eigenvalue weighted by atomic mass is 9.71. The Bertz CT molecular complexity index is 943. The third kappa shape index (κ3) is 8.23. The van der Waals surface area contributed by atoms with E-state index in [0.717, 1.165) is 5.06 Å². The SMILES string of the molecule is CCC1(CC)CC(OCC(CBr)(COC(C(F)(F)F)(C(F)(F)F)C(F)(F)F)COC(C(F)(F)F)(C(F)(F)F)C(F)(F)F)CC(CC)(CC)N1[O]. The average molecular weight is 845 g/mol. The molecule has 0 bridgehead atoms. The highest BCUT2D eigenvalue weighted by molar-refractivity contribution is 9.09. The lowest BCUT2D eigenvalue weighted by Gasteiger charge is -2.55. The first-order valence-corrected chi connectivity index (χ1v) is 15.6. The maximum Gasteiger partial charge on any atom is 0.435 e. The van der Waals surface area contributed by atoms with Crippen molar-refractivity contribution in [3.05, 3.63) is 0 Å².